The van der Waals surface area contributed by atoms with E-state index in [-0.39, 0.29) is 5.56 Å². The van der Waals surface area contributed by atoms with Crippen molar-refractivity contribution in [2.24, 2.45) is 0 Å². The highest BCUT2D eigenvalue weighted by molar-refractivity contribution is 5.89. The van der Waals surface area contributed by atoms with Gasteiger partial charge in [-0.25, -0.2) is 14.8 Å². The number of rotatable bonds is 6. The summed E-state index contributed by atoms with van der Waals surface area (Å²) in [7, 11) is 0. The molecule has 3 aromatic carbocycles. The van der Waals surface area contributed by atoms with Crippen LogP contribution >= 0.6 is 0 Å². The third kappa shape index (κ3) is 4.32. The summed E-state index contributed by atoms with van der Waals surface area (Å²) in [6, 6.07) is 24.1. The van der Waals surface area contributed by atoms with E-state index in [1.165, 1.54) is 0 Å². The number of aromatic carboxylic acids is 1. The van der Waals surface area contributed by atoms with E-state index in [9.17, 15) is 14.7 Å². The summed E-state index contributed by atoms with van der Waals surface area (Å²) in [5.41, 5.74) is 4.20. The molecule has 1 heterocycles. The Kier molecular flexibility index (Phi) is 6.00. The molecule has 6 heteroatoms. The maximum atomic E-state index is 12.3. The van der Waals surface area contributed by atoms with Crippen LogP contribution < -0.4 is 0 Å². The zero-order valence-electron chi connectivity index (χ0n) is 19.2. The molecule has 36 heavy (non-hydrogen) atoms. The van der Waals surface area contributed by atoms with Crippen LogP contribution in [0.1, 0.15) is 27.9 Å². The Labute approximate surface area is 207 Å². The number of aromatic nitrogens is 2. The van der Waals surface area contributed by atoms with Crippen LogP contribution in [0.25, 0.3) is 28.1 Å². The molecule has 4 aromatic rings. The fraction of sp³-hybridized carbons (Fsp3) is 0.0667. The van der Waals surface area contributed by atoms with E-state index in [2.05, 4.69) is 9.97 Å². The third-order valence-corrected chi connectivity index (χ3v) is 6.46. The molecular formula is C30H22N2O4. The lowest BCUT2D eigenvalue weighted by Gasteiger charge is -2.28. The molecule has 0 amide bonds. The van der Waals surface area contributed by atoms with E-state index in [0.29, 0.717) is 17.8 Å². The van der Waals surface area contributed by atoms with Gasteiger partial charge < -0.3 is 10.2 Å². The van der Waals surface area contributed by atoms with Gasteiger partial charge in [-0.05, 0) is 40.8 Å². The van der Waals surface area contributed by atoms with Gasteiger partial charge in [-0.2, -0.15) is 0 Å². The Morgan fingerprint density at radius 1 is 0.722 bits per heavy atom. The SMILES string of the molecule is O=C(O)c1ccc(-c2ccc(-c3ncc(C4(C(=O)O)C=CC(c5ccccc5)=CC4)cn3)cc2)cc1. The summed E-state index contributed by atoms with van der Waals surface area (Å²) in [5, 5.41) is 19.2. The van der Waals surface area contributed by atoms with Crippen molar-refractivity contribution in [3.05, 3.63) is 126 Å². The Bertz CT molecular complexity index is 1470. The lowest BCUT2D eigenvalue weighted by Crippen LogP contribution is -2.34. The lowest BCUT2D eigenvalue weighted by atomic mass is 9.75. The predicted octanol–water partition coefficient (Wildman–Crippen LogP) is 5.87. The lowest BCUT2D eigenvalue weighted by molar-refractivity contribution is -0.141. The molecule has 1 unspecified atom stereocenters. The Hall–Kier alpha value is -4.84. The summed E-state index contributed by atoms with van der Waals surface area (Å²) in [6.45, 7) is 0. The van der Waals surface area contributed by atoms with Crippen LogP contribution in [0.3, 0.4) is 0 Å². The molecule has 1 aromatic heterocycles. The van der Waals surface area contributed by atoms with Gasteiger partial charge in [0.1, 0.15) is 5.41 Å². The smallest absolute Gasteiger partial charge is 0.335 e. The molecule has 0 bridgehead atoms. The van der Waals surface area contributed by atoms with E-state index in [1.54, 1.807) is 42.7 Å². The van der Waals surface area contributed by atoms with Crippen LogP contribution in [-0.4, -0.2) is 32.1 Å². The quantitative estimate of drug-likeness (QED) is 0.362. The number of allylic oxidation sites excluding steroid dienone is 3. The highest BCUT2D eigenvalue weighted by atomic mass is 16.4. The molecule has 1 aliphatic carbocycles. The molecule has 0 fully saturated rings. The van der Waals surface area contributed by atoms with Crippen LogP contribution in [-0.2, 0) is 10.2 Å². The summed E-state index contributed by atoms with van der Waals surface area (Å²) >= 11 is 0. The Morgan fingerprint density at radius 2 is 1.31 bits per heavy atom. The van der Waals surface area contributed by atoms with Crippen molar-refractivity contribution >= 4 is 17.5 Å². The standard InChI is InChI=1S/C30H22N2O4/c33-28(34)25-12-8-22(9-13-25)21-6-10-24(11-7-21)27-31-18-26(19-32-27)30(29(35)36)16-14-23(15-17-30)20-4-2-1-3-5-20/h1-16,18-19H,17H2,(H,33,34)(H,35,36). The van der Waals surface area contributed by atoms with Gasteiger partial charge in [-0.3, -0.25) is 4.79 Å². The topological polar surface area (TPSA) is 100 Å². The molecular weight excluding hydrogens is 452 g/mol. The van der Waals surface area contributed by atoms with Crippen molar-refractivity contribution in [1.82, 2.24) is 9.97 Å². The second-order valence-corrected chi connectivity index (χ2v) is 8.59. The fourth-order valence-corrected chi connectivity index (χ4v) is 4.30. The number of nitrogens with zero attached hydrogens (tertiary/aromatic N) is 2. The van der Waals surface area contributed by atoms with Crippen LogP contribution in [0, 0.1) is 0 Å². The van der Waals surface area contributed by atoms with Crippen molar-refractivity contribution < 1.29 is 19.8 Å². The van der Waals surface area contributed by atoms with Crippen LogP contribution in [0.15, 0.2) is 109 Å². The van der Waals surface area contributed by atoms with Gasteiger partial charge in [0.15, 0.2) is 5.82 Å². The van der Waals surface area contributed by atoms with Gasteiger partial charge >= 0.3 is 11.9 Å². The second-order valence-electron chi connectivity index (χ2n) is 8.59. The minimum atomic E-state index is -1.22. The van der Waals surface area contributed by atoms with Gasteiger partial charge in [0.2, 0.25) is 0 Å². The molecule has 6 nitrogen and oxygen atoms in total. The number of benzene rings is 3. The fourth-order valence-electron chi connectivity index (χ4n) is 4.30. The molecule has 0 radical (unpaired) electrons. The molecule has 0 saturated carbocycles. The van der Waals surface area contributed by atoms with E-state index >= 15 is 0 Å². The first-order valence-electron chi connectivity index (χ1n) is 11.4. The normalized spacial score (nSPS) is 16.8. The minimum absolute atomic E-state index is 0.239. The number of hydrogen-bond donors (Lipinski definition) is 2. The maximum Gasteiger partial charge on any atom is 0.335 e. The predicted molar refractivity (Wildman–Crippen MR) is 137 cm³/mol. The van der Waals surface area contributed by atoms with E-state index < -0.39 is 17.4 Å². The van der Waals surface area contributed by atoms with Crippen LogP contribution in [0.2, 0.25) is 0 Å². The zero-order chi connectivity index (χ0) is 25.1. The average molecular weight is 475 g/mol. The van der Waals surface area contributed by atoms with Crippen molar-refractivity contribution in [2.45, 2.75) is 11.8 Å². The number of carbonyl (C=O) groups is 2. The average Bonchev–Trinajstić information content (AvgIpc) is 2.94. The monoisotopic (exact) mass is 474 g/mol. The van der Waals surface area contributed by atoms with Crippen LogP contribution in [0.5, 0.6) is 0 Å². The first-order chi connectivity index (χ1) is 17.5. The highest BCUT2D eigenvalue weighted by Crippen LogP contribution is 2.37. The molecule has 1 aliphatic rings. The van der Waals surface area contributed by atoms with Crippen molar-refractivity contribution in [1.29, 1.82) is 0 Å². The number of carboxylic acids is 2. The van der Waals surface area contributed by atoms with Crippen molar-refractivity contribution in [2.75, 3.05) is 0 Å². The van der Waals surface area contributed by atoms with Gasteiger partial charge in [-0.1, -0.05) is 85.0 Å². The minimum Gasteiger partial charge on any atom is -0.480 e. The van der Waals surface area contributed by atoms with Crippen LogP contribution in [0.4, 0.5) is 0 Å². The van der Waals surface area contributed by atoms with Gasteiger partial charge in [0, 0.05) is 23.5 Å². The third-order valence-electron chi connectivity index (χ3n) is 6.46. The van der Waals surface area contributed by atoms with Gasteiger partial charge in [0.05, 0.1) is 5.56 Å². The molecule has 1 atom stereocenters. The summed E-state index contributed by atoms with van der Waals surface area (Å²) < 4.78 is 0. The second kappa shape index (κ2) is 9.43. The summed E-state index contributed by atoms with van der Waals surface area (Å²) in [4.78, 5) is 32.3. The van der Waals surface area contributed by atoms with E-state index in [0.717, 1.165) is 27.8 Å². The largest absolute Gasteiger partial charge is 0.480 e. The number of carboxylic acid groups (broad SMARTS) is 2. The zero-order valence-corrected chi connectivity index (χ0v) is 19.2. The molecule has 176 valence electrons. The van der Waals surface area contributed by atoms with Gasteiger partial charge in [-0.15, -0.1) is 0 Å². The first kappa shape index (κ1) is 22.9. The van der Waals surface area contributed by atoms with Crippen molar-refractivity contribution in [3.8, 4) is 22.5 Å². The van der Waals surface area contributed by atoms with Crippen molar-refractivity contribution in [3.63, 3.8) is 0 Å². The maximum absolute atomic E-state index is 12.3. The molecule has 0 spiro atoms. The van der Waals surface area contributed by atoms with E-state index in [1.807, 2.05) is 66.7 Å². The highest BCUT2D eigenvalue weighted by Gasteiger charge is 2.39. The van der Waals surface area contributed by atoms with E-state index in [4.69, 9.17) is 5.11 Å². The Morgan fingerprint density at radius 3 is 1.83 bits per heavy atom. The summed E-state index contributed by atoms with van der Waals surface area (Å²) in [6.07, 6.45) is 8.99. The molecule has 5 rings (SSSR count). The summed E-state index contributed by atoms with van der Waals surface area (Å²) in [5.74, 6) is -1.41. The number of hydrogen-bond acceptors (Lipinski definition) is 4. The Balaban J connectivity index is 1.36. The number of aliphatic carboxylic acids is 1. The molecule has 0 saturated heterocycles. The molecule has 2 N–H and O–H groups in total. The first-order valence-corrected chi connectivity index (χ1v) is 11.4. The van der Waals surface area contributed by atoms with Gasteiger partial charge in [0.25, 0.3) is 0 Å². The molecule has 0 aliphatic heterocycles.